The molecule has 1 aromatic rings. The van der Waals surface area contributed by atoms with Crippen molar-refractivity contribution < 1.29 is 19.4 Å². The highest BCUT2D eigenvalue weighted by Crippen LogP contribution is 2.22. The van der Waals surface area contributed by atoms with Crippen molar-refractivity contribution in [3.05, 3.63) is 21.9 Å². The Bertz CT molecular complexity index is 502. The molecule has 0 saturated carbocycles. The van der Waals surface area contributed by atoms with Crippen LogP contribution in [0.2, 0.25) is 0 Å². The molecule has 7 heteroatoms. The zero-order valence-corrected chi connectivity index (χ0v) is 12.3. The van der Waals surface area contributed by atoms with Crippen LogP contribution in [0.3, 0.4) is 0 Å². The van der Waals surface area contributed by atoms with E-state index in [1.165, 1.54) is 9.78 Å². The Balaban J connectivity index is 1.92. The number of carboxylic acids is 1. The highest BCUT2D eigenvalue weighted by molar-refractivity contribution is 7.12. The Labute approximate surface area is 121 Å². The average Bonchev–Trinajstić information content (AvgIpc) is 2.85. The molecule has 6 nitrogen and oxygen atoms in total. The van der Waals surface area contributed by atoms with Gasteiger partial charge in [-0.05, 0) is 26.0 Å². The number of nitrogens with one attached hydrogen (secondary N) is 1. The second-order valence-electron chi connectivity index (χ2n) is 4.76. The fourth-order valence-corrected chi connectivity index (χ4v) is 2.90. The first kappa shape index (κ1) is 14.8. The number of morpholine rings is 1. The van der Waals surface area contributed by atoms with Gasteiger partial charge in [0.15, 0.2) is 6.10 Å². The monoisotopic (exact) mass is 298 g/mol. The highest BCUT2D eigenvalue weighted by Gasteiger charge is 2.29. The number of aryl methyl sites for hydroxylation is 1. The average molecular weight is 298 g/mol. The van der Waals surface area contributed by atoms with Crippen molar-refractivity contribution in [2.75, 3.05) is 19.7 Å². The van der Waals surface area contributed by atoms with E-state index in [0.717, 1.165) is 4.88 Å². The molecule has 0 aromatic carbocycles. The van der Waals surface area contributed by atoms with E-state index in [2.05, 4.69) is 5.32 Å². The second-order valence-corrected chi connectivity index (χ2v) is 6.08. The summed E-state index contributed by atoms with van der Waals surface area (Å²) in [5, 5.41) is 11.8. The molecule has 2 amide bonds. The largest absolute Gasteiger partial charge is 0.479 e. The van der Waals surface area contributed by atoms with Gasteiger partial charge >= 0.3 is 12.0 Å². The molecule has 2 N–H and O–H groups in total. The van der Waals surface area contributed by atoms with Crippen LogP contribution >= 0.6 is 11.3 Å². The van der Waals surface area contributed by atoms with E-state index in [4.69, 9.17) is 9.84 Å². The Morgan fingerprint density at radius 2 is 2.30 bits per heavy atom. The standard InChI is InChI=1S/C13H18N2O4S/c1-8-3-4-11(20-8)9(2)14-13(18)15-5-6-19-10(7-15)12(16)17/h3-4,9-10H,5-7H2,1-2H3,(H,14,18)(H,16,17). The van der Waals surface area contributed by atoms with Gasteiger partial charge in [-0.1, -0.05) is 0 Å². The van der Waals surface area contributed by atoms with Crippen LogP contribution in [0.15, 0.2) is 12.1 Å². The molecule has 2 atom stereocenters. The zero-order chi connectivity index (χ0) is 14.7. The van der Waals surface area contributed by atoms with Gasteiger partial charge in [-0.3, -0.25) is 0 Å². The molecule has 110 valence electrons. The smallest absolute Gasteiger partial charge is 0.334 e. The van der Waals surface area contributed by atoms with Crippen LogP contribution < -0.4 is 5.32 Å². The lowest BCUT2D eigenvalue weighted by Crippen LogP contribution is -2.52. The molecule has 2 rings (SSSR count). The van der Waals surface area contributed by atoms with E-state index < -0.39 is 12.1 Å². The van der Waals surface area contributed by atoms with Gasteiger partial charge in [-0.2, -0.15) is 0 Å². The molecule has 1 aromatic heterocycles. The van der Waals surface area contributed by atoms with Gasteiger partial charge in [0.2, 0.25) is 0 Å². The van der Waals surface area contributed by atoms with Gasteiger partial charge in [0.05, 0.1) is 19.2 Å². The summed E-state index contributed by atoms with van der Waals surface area (Å²) >= 11 is 1.64. The third kappa shape index (κ3) is 3.49. The molecule has 1 fully saturated rings. The number of carboxylic acid groups (broad SMARTS) is 1. The molecule has 2 unspecified atom stereocenters. The molecule has 1 aliphatic rings. The number of carbonyl (C=O) groups excluding carboxylic acids is 1. The van der Waals surface area contributed by atoms with E-state index in [1.54, 1.807) is 11.3 Å². The number of ether oxygens (including phenoxy) is 1. The molecule has 0 radical (unpaired) electrons. The van der Waals surface area contributed by atoms with E-state index in [0.29, 0.717) is 6.54 Å². The van der Waals surface area contributed by atoms with Crippen LogP contribution in [0.4, 0.5) is 4.79 Å². The number of aliphatic carboxylic acids is 1. The number of urea groups is 1. The van der Waals surface area contributed by atoms with Crippen molar-refractivity contribution in [2.45, 2.75) is 26.0 Å². The molecule has 20 heavy (non-hydrogen) atoms. The molecular weight excluding hydrogens is 280 g/mol. The van der Waals surface area contributed by atoms with Gasteiger partial charge < -0.3 is 20.1 Å². The van der Waals surface area contributed by atoms with E-state index >= 15 is 0 Å². The third-order valence-corrected chi connectivity index (χ3v) is 4.34. The van der Waals surface area contributed by atoms with Crippen LogP contribution in [-0.4, -0.2) is 47.8 Å². The van der Waals surface area contributed by atoms with Crippen LogP contribution in [0, 0.1) is 6.92 Å². The van der Waals surface area contributed by atoms with Crippen molar-refractivity contribution in [1.29, 1.82) is 0 Å². The fourth-order valence-electron chi connectivity index (χ4n) is 2.02. The minimum absolute atomic E-state index is 0.0807. The summed E-state index contributed by atoms with van der Waals surface area (Å²) < 4.78 is 5.09. The van der Waals surface area contributed by atoms with Gasteiger partial charge in [-0.15, -0.1) is 11.3 Å². The maximum atomic E-state index is 12.1. The molecule has 0 spiro atoms. The summed E-state index contributed by atoms with van der Waals surface area (Å²) in [5.41, 5.74) is 0. The van der Waals surface area contributed by atoms with Crippen molar-refractivity contribution in [3.63, 3.8) is 0 Å². The maximum Gasteiger partial charge on any atom is 0.334 e. The lowest BCUT2D eigenvalue weighted by molar-refractivity contribution is -0.154. The van der Waals surface area contributed by atoms with Crippen LogP contribution in [-0.2, 0) is 9.53 Å². The topological polar surface area (TPSA) is 78.9 Å². The Kier molecular flexibility index (Phi) is 4.61. The summed E-state index contributed by atoms with van der Waals surface area (Å²) in [5.74, 6) is -1.04. The van der Waals surface area contributed by atoms with Crippen molar-refractivity contribution in [3.8, 4) is 0 Å². The number of nitrogens with zero attached hydrogens (tertiary/aromatic N) is 1. The number of thiophene rings is 1. The Morgan fingerprint density at radius 1 is 1.55 bits per heavy atom. The summed E-state index contributed by atoms with van der Waals surface area (Å²) in [4.78, 5) is 26.8. The number of carbonyl (C=O) groups is 2. The molecule has 1 saturated heterocycles. The number of rotatable bonds is 3. The van der Waals surface area contributed by atoms with E-state index in [1.807, 2.05) is 26.0 Å². The van der Waals surface area contributed by atoms with Crippen LogP contribution in [0.25, 0.3) is 0 Å². The lowest BCUT2D eigenvalue weighted by atomic mass is 10.2. The summed E-state index contributed by atoms with van der Waals surface area (Å²) in [6.45, 7) is 4.67. The number of hydrogen-bond donors (Lipinski definition) is 2. The summed E-state index contributed by atoms with van der Waals surface area (Å²) in [6, 6.07) is 3.66. The van der Waals surface area contributed by atoms with Gasteiger partial charge in [0.25, 0.3) is 0 Å². The van der Waals surface area contributed by atoms with Gasteiger partial charge in [-0.25, -0.2) is 9.59 Å². The summed E-state index contributed by atoms with van der Waals surface area (Å²) in [6.07, 6.45) is -0.936. The first-order valence-electron chi connectivity index (χ1n) is 6.43. The van der Waals surface area contributed by atoms with Crippen molar-refractivity contribution in [1.82, 2.24) is 10.2 Å². The number of amides is 2. The van der Waals surface area contributed by atoms with Gasteiger partial charge in [0, 0.05) is 16.3 Å². The Morgan fingerprint density at radius 3 is 2.90 bits per heavy atom. The SMILES string of the molecule is Cc1ccc(C(C)NC(=O)N2CCOC(C(=O)O)C2)s1. The maximum absolute atomic E-state index is 12.1. The molecule has 0 bridgehead atoms. The predicted octanol–water partition coefficient (Wildman–Crippen LogP) is 1.61. The fraction of sp³-hybridized carbons (Fsp3) is 0.538. The van der Waals surface area contributed by atoms with E-state index in [-0.39, 0.29) is 25.2 Å². The normalized spacial score (nSPS) is 20.5. The van der Waals surface area contributed by atoms with Crippen LogP contribution in [0.1, 0.15) is 22.7 Å². The van der Waals surface area contributed by atoms with E-state index in [9.17, 15) is 9.59 Å². The second kappa shape index (κ2) is 6.23. The molecule has 2 heterocycles. The quantitative estimate of drug-likeness (QED) is 0.888. The van der Waals surface area contributed by atoms with Gasteiger partial charge in [0.1, 0.15) is 0 Å². The lowest BCUT2D eigenvalue weighted by Gasteiger charge is -2.31. The summed E-state index contributed by atoms with van der Waals surface area (Å²) in [7, 11) is 0. The number of hydrogen-bond acceptors (Lipinski definition) is 4. The third-order valence-electron chi connectivity index (χ3n) is 3.16. The minimum Gasteiger partial charge on any atom is -0.479 e. The highest BCUT2D eigenvalue weighted by atomic mass is 32.1. The molecular formula is C13H18N2O4S. The zero-order valence-electron chi connectivity index (χ0n) is 11.5. The molecule has 0 aliphatic carbocycles. The van der Waals surface area contributed by atoms with Crippen molar-refractivity contribution in [2.24, 2.45) is 0 Å². The van der Waals surface area contributed by atoms with Crippen molar-refractivity contribution >= 4 is 23.3 Å². The molecule has 1 aliphatic heterocycles. The first-order chi connectivity index (χ1) is 9.47. The first-order valence-corrected chi connectivity index (χ1v) is 7.25. The minimum atomic E-state index is -1.04. The Hall–Kier alpha value is -1.60. The predicted molar refractivity (Wildman–Crippen MR) is 75.0 cm³/mol. The van der Waals surface area contributed by atoms with Crippen LogP contribution in [0.5, 0.6) is 0 Å².